The Balaban J connectivity index is 1.33. The van der Waals surface area contributed by atoms with Gasteiger partial charge in [-0.2, -0.15) is 18.4 Å². The highest BCUT2D eigenvalue weighted by atomic mass is 19.4. The maximum Gasteiger partial charge on any atom is 0.416 e. The number of aromatic nitrogens is 2. The fourth-order valence-corrected chi connectivity index (χ4v) is 10.5. The third-order valence-corrected chi connectivity index (χ3v) is 12.8. The molecule has 10 aromatic rings. The van der Waals surface area contributed by atoms with Gasteiger partial charge in [0, 0.05) is 27.1 Å². The Morgan fingerprint density at radius 3 is 1.27 bits per heavy atom. The molecule has 8 aromatic carbocycles. The van der Waals surface area contributed by atoms with E-state index in [1.54, 1.807) is 13.0 Å². The van der Waals surface area contributed by atoms with Crippen molar-refractivity contribution in [2.24, 2.45) is 0 Å². The zero-order valence-corrected chi connectivity index (χ0v) is 36.3. The minimum atomic E-state index is -4.52. The van der Waals surface area contributed by atoms with Crippen molar-refractivity contribution in [2.45, 2.75) is 54.6 Å². The molecular formula is C57H44F3N3. The summed E-state index contributed by atoms with van der Waals surface area (Å²) in [6.07, 6.45) is -4.52. The summed E-state index contributed by atoms with van der Waals surface area (Å²) >= 11 is 0. The minimum absolute atomic E-state index is 0.426. The first kappa shape index (κ1) is 39.8. The average molecular weight is 828 g/mol. The predicted molar refractivity (Wildman–Crippen MR) is 254 cm³/mol. The number of nitrogens with zero attached hydrogens (tertiary/aromatic N) is 3. The van der Waals surface area contributed by atoms with Crippen molar-refractivity contribution in [1.82, 2.24) is 9.13 Å². The van der Waals surface area contributed by atoms with Crippen LogP contribution in [0.15, 0.2) is 140 Å². The summed E-state index contributed by atoms with van der Waals surface area (Å²) in [6, 6.07) is 48.7. The Kier molecular flexibility index (Phi) is 9.24. The first-order chi connectivity index (χ1) is 30.2. The second-order valence-corrected chi connectivity index (χ2v) is 17.2. The molecule has 0 bridgehead atoms. The van der Waals surface area contributed by atoms with E-state index < -0.39 is 11.7 Å². The van der Waals surface area contributed by atoms with Gasteiger partial charge in [0.05, 0.1) is 50.6 Å². The van der Waals surface area contributed by atoms with Crippen LogP contribution < -0.4 is 0 Å². The fourth-order valence-electron chi connectivity index (χ4n) is 10.5. The normalized spacial score (nSPS) is 12.0. The van der Waals surface area contributed by atoms with Gasteiger partial charge in [-0.3, -0.25) is 0 Å². The number of hydrogen-bond donors (Lipinski definition) is 0. The molecule has 0 amide bonds. The van der Waals surface area contributed by atoms with Crippen LogP contribution >= 0.6 is 0 Å². The molecule has 0 aliphatic rings. The Labute approximate surface area is 364 Å². The van der Waals surface area contributed by atoms with Gasteiger partial charge in [0.1, 0.15) is 0 Å². The summed E-state index contributed by atoms with van der Waals surface area (Å²) in [5.74, 6) is 0. The number of para-hydroxylation sites is 2. The van der Waals surface area contributed by atoms with Gasteiger partial charge >= 0.3 is 6.18 Å². The molecular weight excluding hydrogens is 784 g/mol. The van der Waals surface area contributed by atoms with Crippen molar-refractivity contribution in [3.8, 4) is 50.8 Å². The molecule has 2 aromatic heterocycles. The van der Waals surface area contributed by atoms with Crippen LogP contribution in [0.1, 0.15) is 50.1 Å². The lowest BCUT2D eigenvalue weighted by atomic mass is 9.92. The van der Waals surface area contributed by atoms with Gasteiger partial charge in [-0.1, -0.05) is 90.0 Å². The van der Waals surface area contributed by atoms with E-state index in [1.165, 1.54) is 56.6 Å². The summed E-state index contributed by atoms with van der Waals surface area (Å²) in [5.41, 5.74) is 18.4. The number of benzene rings is 8. The van der Waals surface area contributed by atoms with Crippen LogP contribution in [0.2, 0.25) is 0 Å². The van der Waals surface area contributed by atoms with Crippen molar-refractivity contribution in [2.75, 3.05) is 0 Å². The third kappa shape index (κ3) is 6.41. The van der Waals surface area contributed by atoms with Gasteiger partial charge in [0.25, 0.3) is 0 Å². The van der Waals surface area contributed by atoms with Gasteiger partial charge in [-0.15, -0.1) is 0 Å². The van der Waals surface area contributed by atoms with Crippen LogP contribution in [0.4, 0.5) is 13.2 Å². The molecule has 0 spiro atoms. The van der Waals surface area contributed by atoms with Crippen molar-refractivity contribution in [3.63, 3.8) is 0 Å². The topological polar surface area (TPSA) is 33.6 Å². The first-order valence-corrected chi connectivity index (χ1v) is 21.2. The standard InChI is InChI=1S/C57H44F3N3/c1-32-22-35(4)54(36(5)23-32)40-16-20-50-46(29-40)44-12-8-10-14-48(44)62(50)52-27-39(31-61)28-53(56(52)43-19-18-42(26-34(43)3)57(58,59)60)63-49-15-11-9-13-45(49)47-30-41(17-21-51(47)63)55-37(6)24-33(2)25-38(55)7/h8-30H,1-7H3. The zero-order valence-electron chi connectivity index (χ0n) is 36.3. The number of rotatable bonds is 5. The van der Waals surface area contributed by atoms with E-state index in [9.17, 15) is 18.4 Å². The summed E-state index contributed by atoms with van der Waals surface area (Å²) in [4.78, 5) is 0. The molecule has 2 heterocycles. The monoisotopic (exact) mass is 827 g/mol. The van der Waals surface area contributed by atoms with Gasteiger partial charge in [-0.05, 0) is 165 Å². The summed E-state index contributed by atoms with van der Waals surface area (Å²) in [7, 11) is 0. The van der Waals surface area contributed by atoms with Gasteiger partial charge in [0.15, 0.2) is 0 Å². The molecule has 0 N–H and O–H groups in total. The molecule has 6 heteroatoms. The Hall–Kier alpha value is -7.36. The Morgan fingerprint density at radius 2 is 0.857 bits per heavy atom. The van der Waals surface area contributed by atoms with E-state index in [-0.39, 0.29) is 0 Å². The zero-order chi connectivity index (χ0) is 44.1. The largest absolute Gasteiger partial charge is 0.416 e. The van der Waals surface area contributed by atoms with Crippen LogP contribution in [-0.2, 0) is 6.18 Å². The van der Waals surface area contributed by atoms with Crippen LogP contribution in [0.25, 0.3) is 88.4 Å². The molecule has 0 atom stereocenters. The highest BCUT2D eigenvalue weighted by molar-refractivity contribution is 6.13. The molecule has 308 valence electrons. The number of nitriles is 1. The molecule has 63 heavy (non-hydrogen) atoms. The molecule has 0 aliphatic carbocycles. The number of alkyl halides is 3. The highest BCUT2D eigenvalue weighted by Crippen LogP contribution is 2.46. The van der Waals surface area contributed by atoms with E-state index in [2.05, 4.69) is 142 Å². The maximum absolute atomic E-state index is 14.3. The van der Waals surface area contributed by atoms with Crippen LogP contribution in [-0.4, -0.2) is 9.13 Å². The number of aryl methyl sites for hydroxylation is 7. The number of hydrogen-bond acceptors (Lipinski definition) is 1. The maximum atomic E-state index is 14.3. The number of halogens is 3. The van der Waals surface area contributed by atoms with Crippen molar-refractivity contribution >= 4 is 43.6 Å². The quantitative estimate of drug-likeness (QED) is 0.170. The second kappa shape index (κ2) is 14.6. The Morgan fingerprint density at radius 1 is 0.429 bits per heavy atom. The van der Waals surface area contributed by atoms with E-state index in [4.69, 9.17) is 0 Å². The van der Waals surface area contributed by atoms with E-state index in [1.807, 2.05) is 36.4 Å². The van der Waals surface area contributed by atoms with E-state index >= 15 is 0 Å². The van der Waals surface area contributed by atoms with E-state index in [0.717, 1.165) is 54.7 Å². The van der Waals surface area contributed by atoms with Crippen molar-refractivity contribution < 1.29 is 13.2 Å². The molecule has 10 rings (SSSR count). The smallest absolute Gasteiger partial charge is 0.308 e. The molecule has 3 nitrogen and oxygen atoms in total. The highest BCUT2D eigenvalue weighted by Gasteiger charge is 2.32. The summed E-state index contributed by atoms with van der Waals surface area (Å²) in [5, 5.41) is 15.0. The van der Waals surface area contributed by atoms with Crippen LogP contribution in [0.5, 0.6) is 0 Å². The summed E-state index contributed by atoms with van der Waals surface area (Å²) < 4.78 is 47.3. The lowest BCUT2D eigenvalue weighted by molar-refractivity contribution is -0.137. The van der Waals surface area contributed by atoms with Crippen molar-refractivity contribution in [3.05, 3.63) is 190 Å². The van der Waals surface area contributed by atoms with Crippen LogP contribution in [0, 0.1) is 59.8 Å². The number of fused-ring (bicyclic) bond motifs is 6. The molecule has 0 aliphatic heterocycles. The molecule has 0 unspecified atom stereocenters. The molecule has 0 fully saturated rings. The minimum Gasteiger partial charge on any atom is -0.308 e. The van der Waals surface area contributed by atoms with Gasteiger partial charge in [0.2, 0.25) is 0 Å². The van der Waals surface area contributed by atoms with Gasteiger partial charge in [-0.25, -0.2) is 0 Å². The van der Waals surface area contributed by atoms with Gasteiger partial charge < -0.3 is 9.13 Å². The second-order valence-electron chi connectivity index (χ2n) is 17.2. The SMILES string of the molecule is Cc1cc(C)c(-c2ccc3c(c2)c2ccccc2n3-c2cc(C#N)cc(-n3c4ccccc4c4cc(-c5c(C)cc(C)cc5C)ccc43)c2-c2ccc(C(F)(F)F)cc2C)c(C)c1. The van der Waals surface area contributed by atoms with E-state index in [0.29, 0.717) is 33.6 Å². The summed E-state index contributed by atoms with van der Waals surface area (Å²) in [6.45, 7) is 14.6. The first-order valence-electron chi connectivity index (χ1n) is 21.2. The molecule has 0 radical (unpaired) electrons. The van der Waals surface area contributed by atoms with Crippen LogP contribution in [0.3, 0.4) is 0 Å². The van der Waals surface area contributed by atoms with Crippen molar-refractivity contribution in [1.29, 1.82) is 5.26 Å². The Bertz CT molecular complexity index is 3350. The lowest BCUT2D eigenvalue weighted by Gasteiger charge is -2.22. The lowest BCUT2D eigenvalue weighted by Crippen LogP contribution is -2.08. The average Bonchev–Trinajstić information content (AvgIpc) is 3.74. The third-order valence-electron chi connectivity index (χ3n) is 12.8. The molecule has 0 saturated carbocycles. The fraction of sp³-hybridized carbons (Fsp3) is 0.140. The molecule has 0 saturated heterocycles. The predicted octanol–water partition coefficient (Wildman–Crippen LogP) is 15.9.